The average Bonchev–Trinajstić information content (AvgIpc) is 3.16. The Morgan fingerprint density at radius 2 is 2.00 bits per heavy atom. The Morgan fingerprint density at radius 1 is 1.20 bits per heavy atom. The molecule has 3 rings (SSSR count). The van der Waals surface area contributed by atoms with E-state index < -0.39 is 0 Å². The highest BCUT2D eigenvalue weighted by molar-refractivity contribution is 7.10. The Hall–Kier alpha value is -2.14. The summed E-state index contributed by atoms with van der Waals surface area (Å²) in [4.78, 5) is 10.9. The van der Waals surface area contributed by atoms with Crippen molar-refractivity contribution in [1.82, 2.24) is 4.57 Å². The second-order valence-electron chi connectivity index (χ2n) is 6.19. The smallest absolute Gasteiger partial charge is 0.211 e. The molecule has 1 aliphatic rings. The fourth-order valence-electron chi connectivity index (χ4n) is 2.78. The van der Waals surface area contributed by atoms with E-state index >= 15 is 0 Å². The topological polar surface area (TPSA) is 49.9 Å². The standard InChI is InChI=1S/C20H25N3OS/c1-3-5-11-21-20-23(12-6-4-2)19(24)18(25-20)13-15-14-22-17-10-8-7-9-16(15)17/h7-10,13-14,24H,3-6,11-12H2,1-2H3. The van der Waals surface area contributed by atoms with Crippen LogP contribution in [0.15, 0.2) is 34.3 Å². The van der Waals surface area contributed by atoms with Gasteiger partial charge in [-0.25, -0.2) is 0 Å². The Kier molecular flexibility index (Phi) is 5.87. The van der Waals surface area contributed by atoms with Crippen molar-refractivity contribution in [3.63, 3.8) is 0 Å². The molecular weight excluding hydrogens is 330 g/mol. The van der Waals surface area contributed by atoms with Crippen LogP contribution in [0, 0.1) is 0 Å². The highest BCUT2D eigenvalue weighted by Gasteiger charge is 2.15. The Labute approximate surface area is 152 Å². The van der Waals surface area contributed by atoms with E-state index in [0.29, 0.717) is 5.88 Å². The van der Waals surface area contributed by atoms with Gasteiger partial charge in [0, 0.05) is 30.4 Å². The minimum absolute atomic E-state index is 0.318. The molecule has 2 aromatic rings. The van der Waals surface area contributed by atoms with Gasteiger partial charge < -0.3 is 5.11 Å². The first-order valence-electron chi connectivity index (χ1n) is 9.02. The number of fused-ring (bicyclic) bond motifs is 1. The van der Waals surface area contributed by atoms with Crippen LogP contribution in [0.1, 0.15) is 50.0 Å². The number of aromatic nitrogens is 1. The van der Waals surface area contributed by atoms with Gasteiger partial charge in [-0.2, -0.15) is 0 Å². The van der Waals surface area contributed by atoms with Crippen molar-refractivity contribution < 1.29 is 5.11 Å². The van der Waals surface area contributed by atoms with Crippen molar-refractivity contribution >= 4 is 34.9 Å². The largest absolute Gasteiger partial charge is 0.493 e. The lowest BCUT2D eigenvalue weighted by atomic mass is 10.1. The fourth-order valence-corrected chi connectivity index (χ4v) is 3.81. The molecule has 1 aromatic heterocycles. The number of unbranched alkanes of at least 4 members (excludes halogenated alkanes) is 2. The molecule has 0 bridgehead atoms. The second kappa shape index (κ2) is 8.30. The van der Waals surface area contributed by atoms with Crippen molar-refractivity contribution in [2.45, 2.75) is 46.1 Å². The fraction of sp³-hybridized carbons (Fsp3) is 0.400. The van der Waals surface area contributed by atoms with Crippen LogP contribution in [0.3, 0.4) is 0 Å². The Bertz CT molecular complexity index is 858. The van der Waals surface area contributed by atoms with E-state index in [4.69, 9.17) is 4.99 Å². The van der Waals surface area contributed by atoms with Crippen LogP contribution in [0.5, 0.6) is 5.88 Å². The van der Waals surface area contributed by atoms with Crippen molar-refractivity contribution in [1.29, 1.82) is 0 Å². The van der Waals surface area contributed by atoms with Crippen LogP contribution in [0.4, 0.5) is 5.69 Å². The van der Waals surface area contributed by atoms with Gasteiger partial charge in [0.15, 0.2) is 4.80 Å². The molecule has 1 N–H and O–H groups in total. The number of para-hydroxylation sites is 1. The molecule has 1 aromatic carbocycles. The molecule has 2 heterocycles. The normalized spacial score (nSPS) is 15.3. The van der Waals surface area contributed by atoms with Gasteiger partial charge >= 0.3 is 0 Å². The molecule has 0 aliphatic carbocycles. The van der Waals surface area contributed by atoms with Crippen LogP contribution in [-0.4, -0.2) is 22.4 Å². The highest BCUT2D eigenvalue weighted by Crippen LogP contribution is 2.34. The molecule has 0 saturated carbocycles. The van der Waals surface area contributed by atoms with Crippen LogP contribution in [-0.2, 0) is 6.54 Å². The minimum Gasteiger partial charge on any atom is -0.493 e. The van der Waals surface area contributed by atoms with E-state index in [-0.39, 0.29) is 0 Å². The molecule has 0 fully saturated rings. The summed E-state index contributed by atoms with van der Waals surface area (Å²) in [7, 11) is 0. The zero-order chi connectivity index (χ0) is 17.6. The first-order chi connectivity index (χ1) is 12.2. The quantitative estimate of drug-likeness (QED) is 0.697. The van der Waals surface area contributed by atoms with E-state index in [9.17, 15) is 5.11 Å². The van der Waals surface area contributed by atoms with E-state index in [1.807, 2.05) is 35.1 Å². The lowest BCUT2D eigenvalue weighted by molar-refractivity contribution is 0.405. The summed E-state index contributed by atoms with van der Waals surface area (Å²) in [5.41, 5.74) is 3.13. The van der Waals surface area contributed by atoms with Gasteiger partial charge in [-0.05, 0) is 25.0 Å². The number of hydrogen-bond donors (Lipinski definition) is 1. The first kappa shape index (κ1) is 17.7. The number of thiazole rings is 1. The maximum absolute atomic E-state index is 10.7. The lowest BCUT2D eigenvalue weighted by Crippen LogP contribution is -2.15. The summed E-state index contributed by atoms with van der Waals surface area (Å²) in [6, 6.07) is 8.08. The predicted octanol–water partition coefficient (Wildman–Crippen LogP) is 5.01. The molecule has 25 heavy (non-hydrogen) atoms. The molecule has 0 unspecified atom stereocenters. The SMILES string of the molecule is CCCCN=c1sc(C=C2C=Nc3ccccc32)c(O)n1CCCC. The molecule has 0 amide bonds. The van der Waals surface area contributed by atoms with E-state index in [1.165, 1.54) is 0 Å². The number of rotatable bonds is 7. The van der Waals surface area contributed by atoms with E-state index in [2.05, 4.69) is 24.9 Å². The summed E-state index contributed by atoms with van der Waals surface area (Å²) in [6.45, 7) is 5.94. The van der Waals surface area contributed by atoms with Crippen LogP contribution in [0.2, 0.25) is 0 Å². The Morgan fingerprint density at radius 3 is 2.80 bits per heavy atom. The van der Waals surface area contributed by atoms with Gasteiger partial charge in [0.25, 0.3) is 0 Å². The van der Waals surface area contributed by atoms with Gasteiger partial charge in [-0.3, -0.25) is 14.6 Å². The lowest BCUT2D eigenvalue weighted by Gasteiger charge is -2.04. The average molecular weight is 356 g/mol. The molecule has 0 spiro atoms. The third-order valence-corrected chi connectivity index (χ3v) is 5.30. The zero-order valence-electron chi connectivity index (χ0n) is 14.9. The molecule has 5 heteroatoms. The van der Waals surface area contributed by atoms with E-state index in [1.54, 1.807) is 11.3 Å². The molecule has 0 radical (unpaired) electrons. The van der Waals surface area contributed by atoms with Crippen LogP contribution in [0.25, 0.3) is 11.6 Å². The van der Waals surface area contributed by atoms with Crippen molar-refractivity contribution in [2.75, 3.05) is 6.54 Å². The molecule has 1 aliphatic heterocycles. The molecule has 132 valence electrons. The maximum atomic E-state index is 10.7. The van der Waals surface area contributed by atoms with E-state index in [0.717, 1.165) is 65.3 Å². The summed E-state index contributed by atoms with van der Waals surface area (Å²) < 4.78 is 1.95. The first-order valence-corrected chi connectivity index (χ1v) is 9.84. The minimum atomic E-state index is 0.318. The highest BCUT2D eigenvalue weighted by atomic mass is 32.1. The van der Waals surface area contributed by atoms with Crippen molar-refractivity contribution in [2.24, 2.45) is 9.98 Å². The van der Waals surface area contributed by atoms with Gasteiger partial charge in [0.05, 0.1) is 10.6 Å². The van der Waals surface area contributed by atoms with Gasteiger partial charge in [-0.15, -0.1) is 0 Å². The number of aliphatic imine (C=N–C) groups is 1. The zero-order valence-corrected chi connectivity index (χ0v) is 15.7. The third-order valence-electron chi connectivity index (χ3n) is 4.25. The van der Waals surface area contributed by atoms with Crippen LogP contribution >= 0.6 is 11.3 Å². The van der Waals surface area contributed by atoms with Crippen LogP contribution < -0.4 is 4.80 Å². The summed E-state index contributed by atoms with van der Waals surface area (Å²) in [5.74, 6) is 0.318. The molecule has 0 saturated heterocycles. The summed E-state index contributed by atoms with van der Waals surface area (Å²) >= 11 is 1.56. The predicted molar refractivity (Wildman–Crippen MR) is 107 cm³/mol. The van der Waals surface area contributed by atoms with Gasteiger partial charge in [-0.1, -0.05) is 56.2 Å². The number of nitrogens with zero attached hydrogens (tertiary/aromatic N) is 3. The second-order valence-corrected chi connectivity index (χ2v) is 7.20. The number of hydrogen-bond acceptors (Lipinski definition) is 4. The Balaban J connectivity index is 1.98. The van der Waals surface area contributed by atoms with Crippen molar-refractivity contribution in [3.05, 3.63) is 39.5 Å². The summed E-state index contributed by atoms with van der Waals surface area (Å²) in [5, 5.41) is 10.7. The molecule has 0 atom stereocenters. The maximum Gasteiger partial charge on any atom is 0.211 e. The summed E-state index contributed by atoms with van der Waals surface area (Å²) in [6.07, 6.45) is 8.21. The number of allylic oxidation sites excluding steroid dienone is 1. The molecule has 4 nitrogen and oxygen atoms in total. The molecular formula is C20H25N3OS. The van der Waals surface area contributed by atoms with Gasteiger partial charge in [0.1, 0.15) is 0 Å². The third kappa shape index (κ3) is 3.93. The van der Waals surface area contributed by atoms with Gasteiger partial charge in [0.2, 0.25) is 5.88 Å². The van der Waals surface area contributed by atoms with Crippen molar-refractivity contribution in [3.8, 4) is 5.88 Å². The number of benzene rings is 1. The monoisotopic (exact) mass is 355 g/mol. The number of aromatic hydroxyl groups is 1.